The molecule has 0 unspecified atom stereocenters. The minimum Gasteiger partial charge on any atom is -0.461 e. The van der Waals surface area contributed by atoms with Gasteiger partial charge in [-0.05, 0) is 47.0 Å². The summed E-state index contributed by atoms with van der Waals surface area (Å²) in [6, 6.07) is 20.6. The summed E-state index contributed by atoms with van der Waals surface area (Å²) in [5, 5.41) is 2.75. The molecule has 0 saturated carbocycles. The van der Waals surface area contributed by atoms with Crippen LogP contribution in [0.25, 0.3) is 10.8 Å². The molecule has 0 N–H and O–H groups in total. The minimum absolute atomic E-state index is 0.136. The van der Waals surface area contributed by atoms with Gasteiger partial charge in [-0.1, -0.05) is 54.1 Å². The molecule has 0 radical (unpaired) electrons. The quantitative estimate of drug-likeness (QED) is 0.410. The van der Waals surface area contributed by atoms with E-state index < -0.39 is 5.97 Å². The van der Waals surface area contributed by atoms with Crippen molar-refractivity contribution >= 4 is 34.3 Å². The highest BCUT2D eigenvalue weighted by Gasteiger charge is 2.09. The molecule has 0 heterocycles. The van der Waals surface area contributed by atoms with E-state index in [0.29, 0.717) is 17.2 Å². The van der Waals surface area contributed by atoms with Crippen molar-refractivity contribution in [3.05, 3.63) is 77.3 Å². The molecular weight excluding hydrogens is 364 g/mol. The first-order chi connectivity index (χ1) is 13.1. The van der Waals surface area contributed by atoms with Crippen molar-refractivity contribution < 1.29 is 19.1 Å². The summed E-state index contributed by atoms with van der Waals surface area (Å²) in [6.07, 6.45) is 0.672. The maximum absolute atomic E-state index is 11.9. The summed E-state index contributed by atoms with van der Waals surface area (Å²) in [7, 11) is 0. The normalized spacial score (nSPS) is 10.6. The predicted molar refractivity (Wildman–Crippen MR) is 105 cm³/mol. The third-order valence-corrected chi connectivity index (χ3v) is 4.24. The molecule has 138 valence electrons. The maximum atomic E-state index is 11.9. The van der Waals surface area contributed by atoms with E-state index in [0.717, 1.165) is 16.3 Å². The van der Waals surface area contributed by atoms with Crippen molar-refractivity contribution in [2.45, 2.75) is 25.9 Å². The fourth-order valence-corrected chi connectivity index (χ4v) is 2.83. The average Bonchev–Trinajstić information content (AvgIpc) is 2.66. The Hall–Kier alpha value is -2.85. The number of esters is 2. The van der Waals surface area contributed by atoms with Gasteiger partial charge in [-0.2, -0.15) is 0 Å². The number of carbonyl (C=O) groups excluding carboxylic acids is 2. The van der Waals surface area contributed by atoms with Crippen molar-refractivity contribution in [3.8, 4) is 5.75 Å². The number of halogens is 1. The molecular formula is C22H19ClO4. The maximum Gasteiger partial charge on any atom is 0.311 e. The van der Waals surface area contributed by atoms with E-state index in [9.17, 15) is 9.59 Å². The van der Waals surface area contributed by atoms with E-state index in [4.69, 9.17) is 21.1 Å². The van der Waals surface area contributed by atoms with Crippen LogP contribution >= 0.6 is 11.6 Å². The number of hydrogen-bond acceptors (Lipinski definition) is 4. The summed E-state index contributed by atoms with van der Waals surface area (Å²) < 4.78 is 10.5. The van der Waals surface area contributed by atoms with E-state index in [-0.39, 0.29) is 25.4 Å². The van der Waals surface area contributed by atoms with E-state index in [1.54, 1.807) is 24.3 Å². The van der Waals surface area contributed by atoms with E-state index >= 15 is 0 Å². The lowest BCUT2D eigenvalue weighted by molar-refractivity contribution is -0.145. The smallest absolute Gasteiger partial charge is 0.311 e. The van der Waals surface area contributed by atoms with Gasteiger partial charge in [-0.25, -0.2) is 0 Å². The zero-order chi connectivity index (χ0) is 19.1. The van der Waals surface area contributed by atoms with Gasteiger partial charge >= 0.3 is 11.9 Å². The molecule has 0 bridgehead atoms. The molecule has 4 nitrogen and oxygen atoms in total. The van der Waals surface area contributed by atoms with Gasteiger partial charge in [0.05, 0.1) is 0 Å². The van der Waals surface area contributed by atoms with Crippen molar-refractivity contribution in [1.29, 1.82) is 0 Å². The first-order valence-corrected chi connectivity index (χ1v) is 9.07. The van der Waals surface area contributed by atoms with Crippen molar-refractivity contribution in [1.82, 2.24) is 0 Å². The molecule has 0 spiro atoms. The first kappa shape index (κ1) is 18.9. The summed E-state index contributed by atoms with van der Waals surface area (Å²) in [6.45, 7) is 0.219. The molecule has 3 rings (SSSR count). The molecule has 3 aromatic carbocycles. The summed E-state index contributed by atoms with van der Waals surface area (Å²) in [5.74, 6) is -0.343. The van der Waals surface area contributed by atoms with Gasteiger partial charge < -0.3 is 9.47 Å². The number of fused-ring (bicyclic) bond motifs is 1. The second-order valence-electron chi connectivity index (χ2n) is 6.13. The van der Waals surface area contributed by atoms with Gasteiger partial charge in [0.15, 0.2) is 0 Å². The van der Waals surface area contributed by atoms with Crippen LogP contribution in [-0.2, 0) is 20.9 Å². The van der Waals surface area contributed by atoms with Gasteiger partial charge in [-0.3, -0.25) is 9.59 Å². The van der Waals surface area contributed by atoms with Crippen LogP contribution in [0.3, 0.4) is 0 Å². The Morgan fingerprint density at radius 3 is 2.41 bits per heavy atom. The number of hydrogen-bond donors (Lipinski definition) is 0. The van der Waals surface area contributed by atoms with Gasteiger partial charge in [0, 0.05) is 17.9 Å². The lowest BCUT2D eigenvalue weighted by Crippen LogP contribution is -2.10. The van der Waals surface area contributed by atoms with Crippen LogP contribution < -0.4 is 4.74 Å². The highest BCUT2D eigenvalue weighted by molar-refractivity contribution is 6.30. The Balaban J connectivity index is 1.39. The van der Waals surface area contributed by atoms with Crippen LogP contribution in [0, 0.1) is 0 Å². The Morgan fingerprint density at radius 1 is 0.815 bits per heavy atom. The lowest BCUT2D eigenvalue weighted by Gasteiger charge is -2.07. The molecule has 0 amide bonds. The fourth-order valence-electron chi connectivity index (χ4n) is 2.65. The minimum atomic E-state index is -0.403. The Bertz CT molecular complexity index is 952. The fraction of sp³-hybridized carbons (Fsp3) is 0.182. The Labute approximate surface area is 162 Å². The molecule has 0 aliphatic heterocycles. The summed E-state index contributed by atoms with van der Waals surface area (Å²) in [5.41, 5.74) is 0.933. The average molecular weight is 383 g/mol. The zero-order valence-electron chi connectivity index (χ0n) is 14.7. The van der Waals surface area contributed by atoms with E-state index in [1.807, 2.05) is 42.5 Å². The number of rotatable bonds is 7. The molecule has 0 aromatic heterocycles. The van der Waals surface area contributed by atoms with Crippen LogP contribution in [0.4, 0.5) is 0 Å². The Kier molecular flexibility index (Phi) is 6.44. The predicted octanol–water partition coefficient (Wildman–Crippen LogP) is 5.31. The van der Waals surface area contributed by atoms with Crippen LogP contribution in [0.5, 0.6) is 5.75 Å². The number of carbonyl (C=O) groups is 2. The van der Waals surface area contributed by atoms with Crippen LogP contribution in [0.2, 0.25) is 5.02 Å². The second kappa shape index (κ2) is 9.19. The van der Waals surface area contributed by atoms with Crippen LogP contribution in [0.15, 0.2) is 66.7 Å². The zero-order valence-corrected chi connectivity index (χ0v) is 15.4. The topological polar surface area (TPSA) is 52.6 Å². The van der Waals surface area contributed by atoms with E-state index in [2.05, 4.69) is 0 Å². The highest BCUT2D eigenvalue weighted by Crippen LogP contribution is 2.18. The molecule has 0 aliphatic carbocycles. The van der Waals surface area contributed by atoms with Crippen LogP contribution in [-0.4, -0.2) is 11.9 Å². The summed E-state index contributed by atoms with van der Waals surface area (Å²) >= 11 is 5.84. The first-order valence-electron chi connectivity index (χ1n) is 8.70. The molecule has 27 heavy (non-hydrogen) atoms. The molecule has 0 atom stereocenters. The largest absolute Gasteiger partial charge is 0.461 e. The molecule has 0 fully saturated rings. The van der Waals surface area contributed by atoms with Gasteiger partial charge in [0.2, 0.25) is 0 Å². The second-order valence-corrected chi connectivity index (χ2v) is 6.56. The monoisotopic (exact) mass is 382 g/mol. The van der Waals surface area contributed by atoms with Gasteiger partial charge in [0.25, 0.3) is 0 Å². The third kappa shape index (κ3) is 5.83. The molecule has 0 aliphatic rings. The number of benzene rings is 3. The van der Waals surface area contributed by atoms with Crippen LogP contribution in [0.1, 0.15) is 24.8 Å². The standard InChI is InChI=1S/C22H19ClO4/c23-19-7-3-8-20(14-19)27-22(25)10-4-9-21(24)26-15-16-11-12-17-5-1-2-6-18(17)13-16/h1-3,5-8,11-14H,4,9-10,15H2. The number of ether oxygens (including phenoxy) is 2. The van der Waals surface area contributed by atoms with Gasteiger partial charge in [-0.15, -0.1) is 0 Å². The van der Waals surface area contributed by atoms with Crippen molar-refractivity contribution in [2.75, 3.05) is 0 Å². The highest BCUT2D eigenvalue weighted by atomic mass is 35.5. The summed E-state index contributed by atoms with van der Waals surface area (Å²) in [4.78, 5) is 23.7. The molecule has 3 aromatic rings. The molecule has 0 saturated heterocycles. The SMILES string of the molecule is O=C(CCCC(=O)Oc1cccc(Cl)c1)OCc1ccc2ccccc2c1. The van der Waals surface area contributed by atoms with Gasteiger partial charge in [0.1, 0.15) is 12.4 Å². The third-order valence-electron chi connectivity index (χ3n) is 4.00. The molecule has 5 heteroatoms. The van der Waals surface area contributed by atoms with Crippen molar-refractivity contribution in [2.24, 2.45) is 0 Å². The van der Waals surface area contributed by atoms with Crippen molar-refractivity contribution in [3.63, 3.8) is 0 Å². The Morgan fingerprint density at radius 2 is 1.59 bits per heavy atom. The lowest BCUT2D eigenvalue weighted by atomic mass is 10.1. The van der Waals surface area contributed by atoms with E-state index in [1.165, 1.54) is 0 Å².